The van der Waals surface area contributed by atoms with Gasteiger partial charge < -0.3 is 10.5 Å². The second-order valence-corrected chi connectivity index (χ2v) is 4.36. The predicted molar refractivity (Wildman–Crippen MR) is 72.8 cm³/mol. The zero-order valence-corrected chi connectivity index (χ0v) is 11.3. The van der Waals surface area contributed by atoms with Crippen LogP contribution in [0.3, 0.4) is 0 Å². The molecule has 5 heteroatoms. The Morgan fingerprint density at radius 1 is 1.61 bits per heavy atom. The van der Waals surface area contributed by atoms with Crippen LogP contribution in [0.5, 0.6) is 5.88 Å². The fraction of sp³-hybridized carbons (Fsp3) is 0.538. The first-order chi connectivity index (χ1) is 8.58. The molecule has 1 aromatic rings. The van der Waals surface area contributed by atoms with Crippen LogP contribution in [0.25, 0.3) is 0 Å². The van der Waals surface area contributed by atoms with Crippen molar-refractivity contribution in [2.45, 2.75) is 20.4 Å². The Balaban J connectivity index is 2.70. The zero-order valence-electron chi connectivity index (χ0n) is 11.3. The third-order valence-corrected chi connectivity index (χ3v) is 2.95. The highest BCUT2D eigenvalue weighted by atomic mass is 16.5. The molecule has 0 saturated heterocycles. The molecule has 1 atom stereocenters. The minimum atomic E-state index is 0.0626. The summed E-state index contributed by atoms with van der Waals surface area (Å²) < 4.78 is 5.24. The Hall–Kier alpha value is -1.62. The SMILES string of the molecule is CCN(Cc1cccnc1OC)CC(C)C(=N)N. The number of hydrogen-bond donors (Lipinski definition) is 2. The third kappa shape index (κ3) is 4.00. The molecule has 0 radical (unpaired) electrons. The van der Waals surface area contributed by atoms with Gasteiger partial charge in [0.1, 0.15) is 0 Å². The van der Waals surface area contributed by atoms with Crippen molar-refractivity contribution >= 4 is 5.84 Å². The summed E-state index contributed by atoms with van der Waals surface area (Å²) in [5, 5.41) is 7.44. The molecule has 0 saturated carbocycles. The van der Waals surface area contributed by atoms with Crippen molar-refractivity contribution in [3.05, 3.63) is 23.9 Å². The number of aromatic nitrogens is 1. The Morgan fingerprint density at radius 3 is 2.89 bits per heavy atom. The molecule has 1 aromatic heterocycles. The van der Waals surface area contributed by atoms with E-state index in [0.29, 0.717) is 5.88 Å². The van der Waals surface area contributed by atoms with Crippen LogP contribution in [0, 0.1) is 11.3 Å². The van der Waals surface area contributed by atoms with Crippen LogP contribution in [0.1, 0.15) is 19.4 Å². The summed E-state index contributed by atoms with van der Waals surface area (Å²) in [5.74, 6) is 0.950. The van der Waals surface area contributed by atoms with Crippen LogP contribution in [0.2, 0.25) is 0 Å². The highest BCUT2D eigenvalue weighted by Gasteiger charge is 2.13. The van der Waals surface area contributed by atoms with Crippen molar-refractivity contribution in [1.82, 2.24) is 9.88 Å². The summed E-state index contributed by atoms with van der Waals surface area (Å²) in [6.45, 7) is 6.48. The van der Waals surface area contributed by atoms with E-state index in [-0.39, 0.29) is 11.8 Å². The monoisotopic (exact) mass is 250 g/mol. The number of ether oxygens (including phenoxy) is 1. The number of nitrogens with zero attached hydrogens (tertiary/aromatic N) is 2. The van der Waals surface area contributed by atoms with Gasteiger partial charge in [0, 0.05) is 30.8 Å². The lowest BCUT2D eigenvalue weighted by molar-refractivity contribution is 0.257. The van der Waals surface area contributed by atoms with Crippen LogP contribution in [0.4, 0.5) is 0 Å². The average molecular weight is 250 g/mol. The molecule has 1 unspecified atom stereocenters. The Morgan fingerprint density at radius 2 is 2.33 bits per heavy atom. The van der Waals surface area contributed by atoms with Crippen molar-refractivity contribution in [3.8, 4) is 5.88 Å². The minimum Gasteiger partial charge on any atom is -0.481 e. The van der Waals surface area contributed by atoms with Crippen molar-refractivity contribution in [2.24, 2.45) is 11.7 Å². The van der Waals surface area contributed by atoms with Gasteiger partial charge in [0.25, 0.3) is 0 Å². The normalized spacial score (nSPS) is 12.4. The molecule has 0 aromatic carbocycles. The molecule has 0 spiro atoms. The van der Waals surface area contributed by atoms with Crippen molar-refractivity contribution < 1.29 is 4.74 Å². The molecule has 0 aliphatic rings. The summed E-state index contributed by atoms with van der Waals surface area (Å²) in [7, 11) is 1.63. The van der Waals surface area contributed by atoms with E-state index >= 15 is 0 Å². The van der Waals surface area contributed by atoms with Gasteiger partial charge in [-0.2, -0.15) is 0 Å². The maximum absolute atomic E-state index is 7.44. The van der Waals surface area contributed by atoms with Gasteiger partial charge in [-0.3, -0.25) is 10.3 Å². The zero-order chi connectivity index (χ0) is 13.5. The molecule has 0 aliphatic heterocycles. The largest absolute Gasteiger partial charge is 0.481 e. The fourth-order valence-corrected chi connectivity index (χ4v) is 1.76. The van der Waals surface area contributed by atoms with E-state index in [4.69, 9.17) is 15.9 Å². The second-order valence-electron chi connectivity index (χ2n) is 4.36. The standard InChI is InChI=1S/C13H22N4O/c1-4-17(8-10(2)12(14)15)9-11-6-5-7-16-13(11)18-3/h5-7,10H,4,8-9H2,1-3H3,(H3,14,15). The summed E-state index contributed by atoms with van der Waals surface area (Å²) in [5.41, 5.74) is 6.56. The molecule has 0 bridgehead atoms. The molecule has 1 heterocycles. The molecule has 0 fully saturated rings. The van der Waals surface area contributed by atoms with E-state index in [1.54, 1.807) is 13.3 Å². The van der Waals surface area contributed by atoms with Gasteiger partial charge in [-0.05, 0) is 12.6 Å². The van der Waals surface area contributed by atoms with Crippen LogP contribution < -0.4 is 10.5 Å². The van der Waals surface area contributed by atoms with Crippen LogP contribution in [-0.2, 0) is 6.54 Å². The molecule has 0 aliphatic carbocycles. The summed E-state index contributed by atoms with van der Waals surface area (Å²) in [4.78, 5) is 6.41. The second kappa shape index (κ2) is 6.96. The summed E-state index contributed by atoms with van der Waals surface area (Å²) in [6, 6.07) is 3.91. The number of nitrogens with two attached hydrogens (primary N) is 1. The van der Waals surface area contributed by atoms with Gasteiger partial charge in [-0.1, -0.05) is 19.9 Å². The van der Waals surface area contributed by atoms with E-state index < -0.39 is 0 Å². The number of pyridine rings is 1. The lowest BCUT2D eigenvalue weighted by Gasteiger charge is -2.24. The van der Waals surface area contributed by atoms with E-state index in [9.17, 15) is 0 Å². The van der Waals surface area contributed by atoms with E-state index in [0.717, 1.165) is 25.2 Å². The molecular formula is C13H22N4O. The highest BCUT2D eigenvalue weighted by molar-refractivity contribution is 5.79. The van der Waals surface area contributed by atoms with Crippen LogP contribution in [-0.4, -0.2) is 35.9 Å². The number of nitrogens with one attached hydrogen (secondary N) is 1. The molecule has 18 heavy (non-hydrogen) atoms. The Bertz CT molecular complexity index is 394. The quantitative estimate of drug-likeness (QED) is 0.568. The smallest absolute Gasteiger partial charge is 0.217 e. The van der Waals surface area contributed by atoms with Gasteiger partial charge in [0.2, 0.25) is 5.88 Å². The van der Waals surface area contributed by atoms with Crippen LogP contribution in [0.15, 0.2) is 18.3 Å². The van der Waals surface area contributed by atoms with Crippen molar-refractivity contribution in [2.75, 3.05) is 20.2 Å². The first-order valence-electron chi connectivity index (χ1n) is 6.12. The number of methoxy groups -OCH3 is 1. The van der Waals surface area contributed by atoms with Crippen molar-refractivity contribution in [3.63, 3.8) is 0 Å². The molecule has 5 nitrogen and oxygen atoms in total. The molecular weight excluding hydrogens is 228 g/mol. The van der Waals surface area contributed by atoms with Crippen LogP contribution >= 0.6 is 0 Å². The van der Waals surface area contributed by atoms with Gasteiger partial charge in [0.05, 0.1) is 12.9 Å². The molecule has 1 rings (SSSR count). The first-order valence-corrected chi connectivity index (χ1v) is 6.12. The van der Waals surface area contributed by atoms with E-state index in [1.807, 2.05) is 19.1 Å². The highest BCUT2D eigenvalue weighted by Crippen LogP contribution is 2.16. The molecule has 100 valence electrons. The average Bonchev–Trinajstić information content (AvgIpc) is 2.38. The summed E-state index contributed by atoms with van der Waals surface area (Å²) >= 11 is 0. The Labute approximate surface area is 108 Å². The molecule has 0 amide bonds. The van der Waals surface area contributed by atoms with E-state index in [1.165, 1.54) is 0 Å². The molecule has 3 N–H and O–H groups in total. The number of amidine groups is 1. The lowest BCUT2D eigenvalue weighted by atomic mass is 10.1. The van der Waals surface area contributed by atoms with Gasteiger partial charge in [-0.25, -0.2) is 4.98 Å². The maximum Gasteiger partial charge on any atom is 0.217 e. The summed E-state index contributed by atoms with van der Waals surface area (Å²) in [6.07, 6.45) is 1.72. The third-order valence-electron chi connectivity index (χ3n) is 2.95. The van der Waals surface area contributed by atoms with E-state index in [2.05, 4.69) is 16.8 Å². The van der Waals surface area contributed by atoms with Gasteiger partial charge in [0.15, 0.2) is 0 Å². The number of hydrogen-bond acceptors (Lipinski definition) is 4. The predicted octanol–water partition coefficient (Wildman–Crippen LogP) is 1.48. The lowest BCUT2D eigenvalue weighted by Crippen LogP contribution is -2.34. The Kier molecular flexibility index (Phi) is 5.58. The first kappa shape index (κ1) is 14.4. The van der Waals surface area contributed by atoms with Gasteiger partial charge in [-0.15, -0.1) is 0 Å². The minimum absolute atomic E-state index is 0.0626. The fourth-order valence-electron chi connectivity index (χ4n) is 1.76. The van der Waals surface area contributed by atoms with Gasteiger partial charge >= 0.3 is 0 Å². The number of rotatable bonds is 7. The van der Waals surface area contributed by atoms with Crippen molar-refractivity contribution in [1.29, 1.82) is 5.41 Å². The topological polar surface area (TPSA) is 75.2 Å². The maximum atomic E-state index is 7.44.